The fourth-order valence-corrected chi connectivity index (χ4v) is 5.32. The smallest absolute Gasteiger partial charge is 0.262 e. The molecule has 0 aromatic heterocycles. The van der Waals surface area contributed by atoms with Crippen LogP contribution in [-0.4, -0.2) is 45.9 Å². The van der Waals surface area contributed by atoms with E-state index in [4.69, 9.17) is 9.47 Å². The predicted molar refractivity (Wildman–Crippen MR) is 151 cm³/mol. The zero-order chi connectivity index (χ0) is 27.8. The maximum absolute atomic E-state index is 12.7. The molecular formula is C30H32N2O6S. The number of phenolic OH excluding ortho intramolecular Hbond substituents is 1. The molecule has 0 saturated carbocycles. The summed E-state index contributed by atoms with van der Waals surface area (Å²) in [5, 5.41) is 24.5. The summed E-state index contributed by atoms with van der Waals surface area (Å²) in [7, 11) is -0.653. The number of anilines is 1. The molecule has 0 fully saturated rings. The molecule has 0 aliphatic carbocycles. The van der Waals surface area contributed by atoms with Gasteiger partial charge in [-0.05, 0) is 65.2 Å². The van der Waals surface area contributed by atoms with Gasteiger partial charge < -0.3 is 25.0 Å². The Balaban J connectivity index is 1.47. The number of methoxy groups -OCH3 is 2. The van der Waals surface area contributed by atoms with E-state index in [9.17, 15) is 18.6 Å². The van der Waals surface area contributed by atoms with Gasteiger partial charge in [-0.2, -0.15) is 0 Å². The second-order valence-electron chi connectivity index (χ2n) is 8.97. The van der Waals surface area contributed by atoms with E-state index in [2.05, 4.69) is 10.0 Å². The zero-order valence-corrected chi connectivity index (χ0v) is 22.6. The highest BCUT2D eigenvalue weighted by Crippen LogP contribution is 2.30. The van der Waals surface area contributed by atoms with E-state index >= 15 is 0 Å². The summed E-state index contributed by atoms with van der Waals surface area (Å²) in [4.78, 5) is 0.0696. The first kappa shape index (κ1) is 28.0. The van der Waals surface area contributed by atoms with E-state index in [-0.39, 0.29) is 28.8 Å². The minimum Gasteiger partial charge on any atom is -0.506 e. The average molecular weight is 549 g/mol. The largest absolute Gasteiger partial charge is 0.506 e. The predicted octanol–water partition coefficient (Wildman–Crippen LogP) is 4.67. The lowest BCUT2D eigenvalue weighted by Crippen LogP contribution is -2.27. The van der Waals surface area contributed by atoms with Crippen molar-refractivity contribution in [2.24, 2.45) is 0 Å². The number of hydrogen-bond acceptors (Lipinski definition) is 7. The lowest BCUT2D eigenvalue weighted by molar-refractivity contribution is 0.174. The van der Waals surface area contributed by atoms with Gasteiger partial charge in [0.25, 0.3) is 10.0 Å². The van der Waals surface area contributed by atoms with Crippen LogP contribution in [0.2, 0.25) is 0 Å². The van der Waals surface area contributed by atoms with Crippen LogP contribution in [0.3, 0.4) is 0 Å². The second kappa shape index (κ2) is 12.7. The summed E-state index contributed by atoms with van der Waals surface area (Å²) in [6, 6.07) is 27.9. The van der Waals surface area contributed by atoms with Crippen molar-refractivity contribution in [3.05, 3.63) is 114 Å². The Bertz CT molecular complexity index is 1410. The third kappa shape index (κ3) is 7.08. The van der Waals surface area contributed by atoms with Gasteiger partial charge in [0, 0.05) is 19.0 Å². The summed E-state index contributed by atoms with van der Waals surface area (Å²) in [6.07, 6.45) is -0.946. The van der Waals surface area contributed by atoms with Gasteiger partial charge >= 0.3 is 0 Å². The molecule has 4 aromatic carbocycles. The molecule has 4 aromatic rings. The van der Waals surface area contributed by atoms with Gasteiger partial charge in [-0.15, -0.1) is 0 Å². The molecule has 0 unspecified atom stereocenters. The molecule has 204 valence electrons. The molecule has 39 heavy (non-hydrogen) atoms. The minimum absolute atomic E-state index is 0.00950. The standard InChI is InChI=1S/C30H32N2O6S/c1-37-24-13-8-21(9-14-24)27(22-10-15-25(38-2)16-11-22)19-31-20-30(34)23-12-17-29(33)28(18-23)32-39(35,36)26-6-4-3-5-7-26/h3-18,27,30-34H,19-20H2,1-2H3/t30-/m0/s1. The van der Waals surface area contributed by atoms with Crippen LogP contribution >= 0.6 is 0 Å². The van der Waals surface area contributed by atoms with Crippen molar-refractivity contribution < 1.29 is 28.1 Å². The number of aromatic hydroxyl groups is 1. The maximum Gasteiger partial charge on any atom is 0.262 e. The summed E-state index contributed by atoms with van der Waals surface area (Å²) < 4.78 is 38.4. The Morgan fingerprint density at radius 2 is 1.28 bits per heavy atom. The van der Waals surface area contributed by atoms with Gasteiger partial charge in [-0.3, -0.25) is 4.72 Å². The monoisotopic (exact) mass is 548 g/mol. The van der Waals surface area contributed by atoms with E-state index in [0.29, 0.717) is 12.1 Å². The Hall–Kier alpha value is -4.05. The fraction of sp³-hybridized carbons (Fsp3) is 0.200. The number of hydrogen-bond donors (Lipinski definition) is 4. The number of sulfonamides is 1. The van der Waals surface area contributed by atoms with E-state index in [1.165, 1.54) is 24.3 Å². The molecule has 0 saturated heterocycles. The van der Waals surface area contributed by atoms with Crippen LogP contribution in [0, 0.1) is 0 Å². The molecule has 0 radical (unpaired) electrons. The van der Waals surface area contributed by atoms with Crippen molar-refractivity contribution in [3.63, 3.8) is 0 Å². The molecule has 0 aliphatic rings. The van der Waals surface area contributed by atoms with Gasteiger partial charge in [-0.1, -0.05) is 48.5 Å². The van der Waals surface area contributed by atoms with Crippen molar-refractivity contribution in [1.29, 1.82) is 0 Å². The number of benzene rings is 4. The van der Waals surface area contributed by atoms with Gasteiger partial charge in [0.15, 0.2) is 0 Å². The minimum atomic E-state index is -3.90. The highest BCUT2D eigenvalue weighted by Gasteiger charge is 2.19. The SMILES string of the molecule is COc1ccc(C(CNC[C@H](O)c2ccc(O)c(NS(=O)(=O)c3ccccc3)c2)c2ccc(OC)cc2)cc1. The number of phenols is 1. The van der Waals surface area contributed by atoms with Crippen LogP contribution < -0.4 is 19.5 Å². The highest BCUT2D eigenvalue weighted by molar-refractivity contribution is 7.92. The molecule has 0 spiro atoms. The van der Waals surface area contributed by atoms with Gasteiger partial charge in [0.2, 0.25) is 0 Å². The molecule has 4 N–H and O–H groups in total. The Labute approximate surface area is 228 Å². The lowest BCUT2D eigenvalue weighted by atomic mass is 9.91. The van der Waals surface area contributed by atoms with Crippen LogP contribution in [0.1, 0.15) is 28.7 Å². The van der Waals surface area contributed by atoms with Crippen molar-refractivity contribution in [1.82, 2.24) is 5.32 Å². The number of rotatable bonds is 12. The van der Waals surface area contributed by atoms with Crippen LogP contribution in [0.4, 0.5) is 5.69 Å². The molecule has 8 nitrogen and oxygen atoms in total. The molecule has 0 heterocycles. The number of ether oxygens (including phenoxy) is 2. The second-order valence-corrected chi connectivity index (χ2v) is 10.7. The fourth-order valence-electron chi connectivity index (χ4n) is 4.23. The lowest BCUT2D eigenvalue weighted by Gasteiger charge is -2.21. The van der Waals surface area contributed by atoms with Crippen LogP contribution in [0.25, 0.3) is 0 Å². The van der Waals surface area contributed by atoms with Gasteiger partial charge in [0.05, 0.1) is 30.9 Å². The first-order valence-electron chi connectivity index (χ1n) is 12.4. The summed E-state index contributed by atoms with van der Waals surface area (Å²) in [6.45, 7) is 0.736. The van der Waals surface area contributed by atoms with Crippen LogP contribution in [-0.2, 0) is 10.0 Å². The number of nitrogens with one attached hydrogen (secondary N) is 2. The first-order valence-corrected chi connectivity index (χ1v) is 13.9. The Kier molecular flexibility index (Phi) is 9.08. The summed E-state index contributed by atoms with van der Waals surface area (Å²) in [5.74, 6) is 1.28. The van der Waals surface area contributed by atoms with E-state index in [1.807, 2.05) is 48.5 Å². The molecule has 0 amide bonds. The normalized spacial score (nSPS) is 12.2. The third-order valence-electron chi connectivity index (χ3n) is 6.43. The van der Waals surface area contributed by atoms with Gasteiger partial charge in [-0.25, -0.2) is 8.42 Å². The first-order chi connectivity index (χ1) is 18.8. The van der Waals surface area contributed by atoms with Gasteiger partial charge in [0.1, 0.15) is 17.2 Å². The number of aliphatic hydroxyl groups excluding tert-OH is 1. The highest BCUT2D eigenvalue weighted by atomic mass is 32.2. The van der Waals surface area contributed by atoms with E-state index in [1.54, 1.807) is 38.5 Å². The van der Waals surface area contributed by atoms with Crippen molar-refractivity contribution in [3.8, 4) is 17.2 Å². The quantitative estimate of drug-likeness (QED) is 0.190. The summed E-state index contributed by atoms with van der Waals surface area (Å²) in [5.41, 5.74) is 2.59. The van der Waals surface area contributed by atoms with Crippen molar-refractivity contribution >= 4 is 15.7 Å². The zero-order valence-electron chi connectivity index (χ0n) is 21.7. The van der Waals surface area contributed by atoms with Crippen LogP contribution in [0.5, 0.6) is 17.2 Å². The number of aliphatic hydroxyl groups is 1. The summed E-state index contributed by atoms with van der Waals surface area (Å²) >= 11 is 0. The third-order valence-corrected chi connectivity index (χ3v) is 7.81. The van der Waals surface area contributed by atoms with E-state index < -0.39 is 16.1 Å². The van der Waals surface area contributed by atoms with Crippen LogP contribution in [0.15, 0.2) is 102 Å². The molecule has 0 bridgehead atoms. The van der Waals surface area contributed by atoms with Crippen molar-refractivity contribution in [2.75, 3.05) is 32.0 Å². The average Bonchev–Trinajstić information content (AvgIpc) is 2.97. The Morgan fingerprint density at radius 1 is 0.744 bits per heavy atom. The molecule has 9 heteroatoms. The molecule has 0 aliphatic heterocycles. The molecule has 4 rings (SSSR count). The molecule has 1 atom stereocenters. The molecular weight excluding hydrogens is 516 g/mol. The maximum atomic E-state index is 12.7. The topological polar surface area (TPSA) is 117 Å². The van der Waals surface area contributed by atoms with E-state index in [0.717, 1.165) is 22.6 Å². The van der Waals surface area contributed by atoms with Crippen molar-refractivity contribution in [2.45, 2.75) is 16.9 Å². The Morgan fingerprint density at radius 3 is 1.82 bits per heavy atom.